The number of nitrogens with zero attached hydrogens (tertiary/aromatic N) is 2. The highest BCUT2D eigenvalue weighted by Crippen LogP contribution is 1.76. The third-order valence-corrected chi connectivity index (χ3v) is 0.434. The zero-order valence-corrected chi connectivity index (χ0v) is 3.05. The van der Waals surface area contributed by atoms with Crippen molar-refractivity contribution in [2.45, 2.75) is 0 Å². The first-order valence-corrected chi connectivity index (χ1v) is 1.50. The van der Waals surface area contributed by atoms with E-state index in [1.54, 1.807) is 0 Å². The van der Waals surface area contributed by atoms with Gasteiger partial charge in [0.25, 0.3) is 0 Å². The minimum Gasteiger partial charge on any atom is -0.368 e. The van der Waals surface area contributed by atoms with Crippen LogP contribution in [0, 0.1) is 0 Å². The monoisotopic (exact) mass is 88.0 g/mol. The normalized spacial score (nSPS) is 8.67. The van der Waals surface area contributed by atoms with Crippen molar-refractivity contribution in [1.29, 1.82) is 0 Å². The van der Waals surface area contributed by atoms with Crippen LogP contribution in [-0.2, 0) is 0 Å². The molecular weight excluding hydrogens is 84.0 g/mol. The zero-order valence-electron chi connectivity index (χ0n) is 3.05. The molecule has 0 aliphatic rings. The molecule has 4 nitrogen and oxygen atoms in total. The van der Waals surface area contributed by atoms with Gasteiger partial charge in [-0.25, -0.2) is 10.1 Å². The van der Waals surface area contributed by atoms with Crippen LogP contribution in [0.1, 0.15) is 0 Å². The molecule has 0 fully saturated rings. The SMILES string of the molecule is [15NH2][13c]1n[13cH][15n][nH]1. The maximum atomic E-state index is 5.05. The zero-order chi connectivity index (χ0) is 4.41. The van der Waals surface area contributed by atoms with Crippen molar-refractivity contribution in [2.75, 3.05) is 5.73 Å². The van der Waals surface area contributed by atoms with E-state index in [0.29, 0.717) is 5.95 Å². The molecule has 0 atom stereocenters. The van der Waals surface area contributed by atoms with Crippen LogP contribution in [0.25, 0.3) is 0 Å². The Morgan fingerprint density at radius 2 is 2.67 bits per heavy atom. The highest BCUT2D eigenvalue weighted by Gasteiger charge is 1.75. The summed E-state index contributed by atoms with van der Waals surface area (Å²) in [6.07, 6.45) is 1.36. The summed E-state index contributed by atoms with van der Waals surface area (Å²) in [5.41, 5.74) is 5.05. The lowest BCUT2D eigenvalue weighted by molar-refractivity contribution is 1.10. The van der Waals surface area contributed by atoms with Crippen LogP contribution in [-0.4, -0.2) is 15.2 Å². The number of anilines is 1. The number of rotatable bonds is 0. The average Bonchev–Trinajstić information content (AvgIpc) is 1.86. The number of H-pyrrole nitrogens is 1. The van der Waals surface area contributed by atoms with E-state index in [1.165, 1.54) is 6.33 Å². The fourth-order valence-electron chi connectivity index (χ4n) is 0.215. The fraction of sp³-hybridized carbons (Fsp3) is 0. The lowest BCUT2D eigenvalue weighted by atomic mass is 11.9. The van der Waals surface area contributed by atoms with Gasteiger partial charge in [-0.1, -0.05) is 0 Å². The number of nitrogens with two attached hydrogens (primary N) is 1. The van der Waals surface area contributed by atoms with Crippen molar-refractivity contribution in [2.24, 2.45) is 0 Å². The van der Waals surface area contributed by atoms with Crippen LogP contribution in [0.2, 0.25) is 0 Å². The standard InChI is InChI=1S/C2H4N4/c3-2-4-1-5-6-2/h1H,(H3,3,4,5,6)/i1+1,2+1,3+1,5+1. The summed E-state index contributed by atoms with van der Waals surface area (Å²) < 4.78 is 0. The van der Waals surface area contributed by atoms with E-state index >= 15 is 0 Å². The van der Waals surface area contributed by atoms with Crippen molar-refractivity contribution >= 4 is 5.95 Å². The summed E-state index contributed by atoms with van der Waals surface area (Å²) in [5.74, 6) is 0.356. The lowest BCUT2D eigenvalue weighted by Crippen LogP contribution is -1.84. The number of nitrogen functional groups attached to an aromatic ring is 1. The van der Waals surface area contributed by atoms with Gasteiger partial charge in [0.1, 0.15) is 6.33 Å². The molecular formula is C2H4N4. The Morgan fingerprint density at radius 1 is 1.83 bits per heavy atom. The third kappa shape index (κ3) is 0.314. The number of aromatic nitrogens is 3. The molecule has 0 aromatic carbocycles. The van der Waals surface area contributed by atoms with Gasteiger partial charge in [0.05, 0.1) is 0 Å². The van der Waals surface area contributed by atoms with Crippen molar-refractivity contribution in [1.82, 2.24) is 15.2 Å². The molecule has 6 heavy (non-hydrogen) atoms. The molecule has 4 heteroatoms. The second-order valence-corrected chi connectivity index (χ2v) is 0.871. The van der Waals surface area contributed by atoms with Crippen LogP contribution in [0.5, 0.6) is 0 Å². The smallest absolute Gasteiger partial charge is 0.215 e. The van der Waals surface area contributed by atoms with E-state index in [1.807, 2.05) is 0 Å². The molecule has 0 spiro atoms. The molecule has 1 aromatic rings. The first-order chi connectivity index (χ1) is 2.89. The summed E-state index contributed by atoms with van der Waals surface area (Å²) in [7, 11) is 0. The first kappa shape index (κ1) is 3.14. The molecule has 0 saturated heterocycles. The molecule has 0 saturated carbocycles. The Labute approximate surface area is 34.4 Å². The Hall–Kier alpha value is -1.06. The molecule has 0 unspecified atom stereocenters. The Morgan fingerprint density at radius 3 is 2.83 bits per heavy atom. The van der Waals surface area contributed by atoms with Gasteiger partial charge in [-0.3, -0.25) is 0 Å². The van der Waals surface area contributed by atoms with Crippen LogP contribution in [0.15, 0.2) is 6.33 Å². The Bertz CT molecular complexity index is 109. The molecule has 0 amide bonds. The van der Waals surface area contributed by atoms with Gasteiger partial charge in [-0.2, -0.15) is 5.10 Å². The van der Waals surface area contributed by atoms with E-state index in [9.17, 15) is 0 Å². The second kappa shape index (κ2) is 0.965. The highest BCUT2D eigenvalue weighted by atomic mass is 15.9. The molecule has 1 rings (SSSR count). The third-order valence-electron chi connectivity index (χ3n) is 0.434. The summed E-state index contributed by atoms with van der Waals surface area (Å²) in [4.78, 5) is 3.53. The van der Waals surface area contributed by atoms with Crippen molar-refractivity contribution in [3.63, 3.8) is 0 Å². The Kier molecular flexibility index (Phi) is 0.506. The summed E-state index contributed by atoms with van der Waals surface area (Å²) in [6, 6.07) is 0. The van der Waals surface area contributed by atoms with Gasteiger partial charge in [0, 0.05) is 0 Å². The predicted molar refractivity (Wildman–Crippen MR) is 20.8 cm³/mol. The van der Waals surface area contributed by atoms with Gasteiger partial charge < -0.3 is 5.73 Å². The largest absolute Gasteiger partial charge is 0.368 e. The van der Waals surface area contributed by atoms with Crippen LogP contribution >= 0.6 is 0 Å². The number of hydrogen-bond acceptors (Lipinski definition) is 3. The molecule has 0 aliphatic carbocycles. The molecule has 0 bridgehead atoms. The van der Waals surface area contributed by atoms with E-state index in [-0.39, 0.29) is 0 Å². The van der Waals surface area contributed by atoms with Crippen LogP contribution in [0.4, 0.5) is 5.95 Å². The molecule has 1 aromatic heterocycles. The van der Waals surface area contributed by atoms with Crippen molar-refractivity contribution in [3.05, 3.63) is 6.33 Å². The first-order valence-electron chi connectivity index (χ1n) is 1.50. The molecule has 1 heterocycles. The summed E-state index contributed by atoms with van der Waals surface area (Å²) in [5, 5.41) is 5.88. The second-order valence-electron chi connectivity index (χ2n) is 0.871. The molecule has 32 valence electrons. The van der Waals surface area contributed by atoms with Crippen LogP contribution < -0.4 is 5.73 Å². The topological polar surface area (TPSA) is 67.6 Å². The average molecular weight is 88.1 g/mol. The predicted octanol–water partition coefficient (Wildman–Crippen LogP) is -0.613. The maximum Gasteiger partial charge on any atom is 0.215 e. The molecule has 0 aliphatic heterocycles. The summed E-state index contributed by atoms with van der Waals surface area (Å²) >= 11 is 0. The fourth-order valence-corrected chi connectivity index (χ4v) is 0.215. The van der Waals surface area contributed by atoms with Gasteiger partial charge in [0.15, 0.2) is 0 Å². The minimum absolute atomic E-state index is 0.356. The van der Waals surface area contributed by atoms with Gasteiger partial charge in [-0.15, -0.1) is 0 Å². The van der Waals surface area contributed by atoms with E-state index in [4.69, 9.17) is 5.73 Å². The van der Waals surface area contributed by atoms with Gasteiger partial charge in [-0.05, 0) is 0 Å². The minimum atomic E-state index is 0.356. The lowest BCUT2D eigenvalue weighted by Gasteiger charge is -1.68. The van der Waals surface area contributed by atoms with Gasteiger partial charge >= 0.3 is 0 Å². The van der Waals surface area contributed by atoms with E-state index in [0.717, 1.165) is 0 Å². The summed E-state index contributed by atoms with van der Waals surface area (Å²) in [6.45, 7) is 0. The van der Waals surface area contributed by atoms with E-state index in [2.05, 4.69) is 15.2 Å². The van der Waals surface area contributed by atoms with Gasteiger partial charge in [0.2, 0.25) is 5.95 Å². The van der Waals surface area contributed by atoms with Crippen molar-refractivity contribution in [3.8, 4) is 0 Å². The highest BCUT2D eigenvalue weighted by molar-refractivity contribution is 5.07. The number of aromatic amines is 1. The molecule has 3 N–H and O–H groups in total. The maximum absolute atomic E-state index is 5.05. The van der Waals surface area contributed by atoms with Crippen LogP contribution in [0.3, 0.4) is 0 Å². The number of hydrogen-bond donors (Lipinski definition) is 2. The molecule has 0 radical (unpaired) electrons. The Balaban J connectivity index is 3.05. The quantitative estimate of drug-likeness (QED) is 0.415. The number of nitrogens with one attached hydrogen (secondary N) is 1. The van der Waals surface area contributed by atoms with Crippen molar-refractivity contribution < 1.29 is 0 Å². The van der Waals surface area contributed by atoms with E-state index < -0.39 is 0 Å².